The third-order valence-electron chi connectivity index (χ3n) is 6.16. The van der Waals surface area contributed by atoms with Crippen molar-refractivity contribution in [1.82, 2.24) is 24.5 Å². The molecule has 1 N–H and O–H groups in total. The number of rotatable bonds is 3. The maximum absolute atomic E-state index is 10.3. The summed E-state index contributed by atoms with van der Waals surface area (Å²) in [7, 11) is 0. The van der Waals surface area contributed by atoms with Crippen LogP contribution < -0.4 is 0 Å². The molecule has 1 aromatic carbocycles. The van der Waals surface area contributed by atoms with E-state index < -0.39 is 5.60 Å². The molecule has 1 aliphatic rings. The van der Waals surface area contributed by atoms with Gasteiger partial charge in [0, 0.05) is 31.2 Å². The molecule has 5 rings (SSSR count). The van der Waals surface area contributed by atoms with E-state index in [1.807, 2.05) is 37.3 Å². The number of fused-ring (bicyclic) bond motifs is 2. The SMILES string of the molecule is CC.CC1(O)CCN(Cc2ccc3nnc(-c4ccc5cccc(C(C)(C)C)c5n4)n3c2)C1. The average molecular weight is 446 g/mol. The second-order valence-corrected chi connectivity index (χ2v) is 10.1. The molecular formula is C27H35N5O. The molecule has 1 fully saturated rings. The highest BCUT2D eigenvalue weighted by molar-refractivity contribution is 5.84. The first-order valence-electron chi connectivity index (χ1n) is 11.9. The fraction of sp³-hybridized carbons (Fsp3) is 0.444. The lowest BCUT2D eigenvalue weighted by Gasteiger charge is -2.20. The molecule has 1 aliphatic heterocycles. The maximum atomic E-state index is 10.3. The van der Waals surface area contributed by atoms with Crippen molar-refractivity contribution in [2.24, 2.45) is 0 Å². The van der Waals surface area contributed by atoms with Crippen molar-refractivity contribution in [2.45, 2.75) is 65.5 Å². The summed E-state index contributed by atoms with van der Waals surface area (Å²) in [5, 5.41) is 20.2. The van der Waals surface area contributed by atoms with Crippen LogP contribution in [0, 0.1) is 0 Å². The van der Waals surface area contributed by atoms with Crippen LogP contribution >= 0.6 is 0 Å². The molecule has 4 aromatic rings. The highest BCUT2D eigenvalue weighted by Crippen LogP contribution is 2.30. The Balaban J connectivity index is 0.00000126. The van der Waals surface area contributed by atoms with Gasteiger partial charge in [-0.25, -0.2) is 4.98 Å². The lowest BCUT2D eigenvalue weighted by atomic mass is 9.85. The van der Waals surface area contributed by atoms with E-state index in [-0.39, 0.29) is 5.41 Å². The number of β-amino-alcohol motifs (C(OH)–C–C–N with tert-alkyl or cyclic N) is 1. The second-order valence-electron chi connectivity index (χ2n) is 10.1. The number of nitrogens with zero attached hydrogens (tertiary/aromatic N) is 5. The largest absolute Gasteiger partial charge is 0.389 e. The van der Waals surface area contributed by atoms with Crippen LogP contribution in [0.5, 0.6) is 0 Å². The van der Waals surface area contributed by atoms with Gasteiger partial charge in [0.2, 0.25) is 0 Å². The van der Waals surface area contributed by atoms with Gasteiger partial charge in [0.1, 0.15) is 5.69 Å². The lowest BCUT2D eigenvalue weighted by Crippen LogP contribution is -2.29. The van der Waals surface area contributed by atoms with Crippen LogP contribution in [0.2, 0.25) is 0 Å². The average Bonchev–Trinajstić information content (AvgIpc) is 3.36. The molecule has 0 amide bonds. The number of hydrogen-bond acceptors (Lipinski definition) is 5. The minimum atomic E-state index is -0.592. The number of pyridine rings is 2. The van der Waals surface area contributed by atoms with Crippen LogP contribution in [0.4, 0.5) is 0 Å². The predicted molar refractivity (Wildman–Crippen MR) is 134 cm³/mol. The first kappa shape index (κ1) is 23.3. The van der Waals surface area contributed by atoms with Crippen molar-refractivity contribution >= 4 is 16.6 Å². The predicted octanol–water partition coefficient (Wildman–Crippen LogP) is 5.22. The van der Waals surface area contributed by atoms with Crippen LogP contribution in [0.15, 0.2) is 48.7 Å². The Kier molecular flexibility index (Phi) is 6.25. The quantitative estimate of drug-likeness (QED) is 0.468. The topological polar surface area (TPSA) is 66.5 Å². The third kappa shape index (κ3) is 4.77. The van der Waals surface area contributed by atoms with Crippen molar-refractivity contribution in [3.63, 3.8) is 0 Å². The van der Waals surface area contributed by atoms with Gasteiger partial charge in [-0.2, -0.15) is 0 Å². The van der Waals surface area contributed by atoms with Gasteiger partial charge in [0.05, 0.1) is 11.1 Å². The highest BCUT2D eigenvalue weighted by atomic mass is 16.3. The van der Waals surface area contributed by atoms with Crippen molar-refractivity contribution in [3.05, 3.63) is 59.8 Å². The number of aliphatic hydroxyl groups is 1. The Morgan fingerprint density at radius 3 is 2.52 bits per heavy atom. The first-order chi connectivity index (χ1) is 15.7. The molecule has 0 aliphatic carbocycles. The van der Waals surface area contributed by atoms with Gasteiger partial charge in [0.25, 0.3) is 0 Å². The van der Waals surface area contributed by atoms with Crippen LogP contribution in [0.3, 0.4) is 0 Å². The maximum Gasteiger partial charge on any atom is 0.187 e. The molecule has 1 unspecified atom stereocenters. The lowest BCUT2D eigenvalue weighted by molar-refractivity contribution is 0.0679. The molecule has 1 atom stereocenters. The Morgan fingerprint density at radius 1 is 1.03 bits per heavy atom. The molecule has 0 bridgehead atoms. The zero-order valence-corrected chi connectivity index (χ0v) is 20.6. The number of hydrogen-bond donors (Lipinski definition) is 1. The van der Waals surface area contributed by atoms with Crippen LogP contribution in [-0.4, -0.2) is 48.3 Å². The van der Waals surface area contributed by atoms with Crippen molar-refractivity contribution in [3.8, 4) is 11.5 Å². The molecule has 33 heavy (non-hydrogen) atoms. The van der Waals surface area contributed by atoms with E-state index in [0.717, 1.165) is 47.6 Å². The Morgan fingerprint density at radius 2 is 1.82 bits per heavy atom. The second kappa shape index (κ2) is 8.84. The van der Waals surface area contributed by atoms with E-state index in [1.165, 1.54) is 11.1 Å². The summed E-state index contributed by atoms with van der Waals surface area (Å²) in [6.07, 6.45) is 2.91. The van der Waals surface area contributed by atoms with Crippen LogP contribution in [0.1, 0.15) is 59.1 Å². The summed E-state index contributed by atoms with van der Waals surface area (Å²) in [6, 6.07) is 14.6. The zero-order valence-electron chi connectivity index (χ0n) is 20.6. The molecule has 0 spiro atoms. The zero-order chi connectivity index (χ0) is 23.8. The van der Waals surface area contributed by atoms with Crippen LogP contribution in [-0.2, 0) is 12.0 Å². The van der Waals surface area contributed by atoms with E-state index in [1.54, 1.807) is 0 Å². The van der Waals surface area contributed by atoms with Gasteiger partial charge in [-0.3, -0.25) is 9.30 Å². The minimum Gasteiger partial charge on any atom is -0.389 e. The molecule has 3 aromatic heterocycles. The monoisotopic (exact) mass is 445 g/mol. The molecule has 6 nitrogen and oxygen atoms in total. The van der Waals surface area contributed by atoms with Crippen molar-refractivity contribution in [1.29, 1.82) is 0 Å². The van der Waals surface area contributed by atoms with E-state index in [0.29, 0.717) is 6.54 Å². The Bertz CT molecular complexity index is 1270. The highest BCUT2D eigenvalue weighted by Gasteiger charge is 2.31. The van der Waals surface area contributed by atoms with Gasteiger partial charge in [-0.05, 0) is 42.0 Å². The molecule has 6 heteroatoms. The number of likely N-dealkylation sites (tertiary alicyclic amines) is 1. The molecule has 0 radical (unpaired) electrons. The van der Waals surface area contributed by atoms with Gasteiger partial charge in [-0.1, -0.05) is 65.0 Å². The van der Waals surface area contributed by atoms with E-state index in [4.69, 9.17) is 4.98 Å². The van der Waals surface area contributed by atoms with Gasteiger partial charge in [0.15, 0.2) is 11.5 Å². The Hall–Kier alpha value is -2.83. The van der Waals surface area contributed by atoms with E-state index >= 15 is 0 Å². The normalized spacial score (nSPS) is 19.1. The number of aromatic nitrogens is 4. The summed E-state index contributed by atoms with van der Waals surface area (Å²) in [4.78, 5) is 7.31. The van der Waals surface area contributed by atoms with E-state index in [2.05, 4.69) is 72.4 Å². The standard InChI is InChI=1S/C25H29N5O.C2H6/c1-24(2,3)19-7-5-6-18-9-10-20(26-22(18)19)23-28-27-21-11-8-17(15-30(21)23)14-29-13-12-25(4,31)16-29;1-2/h5-11,15,31H,12-14,16H2,1-4H3;1-2H3. The fourth-order valence-electron chi connectivity index (χ4n) is 4.51. The summed E-state index contributed by atoms with van der Waals surface area (Å²) >= 11 is 0. The fourth-order valence-corrected chi connectivity index (χ4v) is 4.51. The molecule has 4 heterocycles. The van der Waals surface area contributed by atoms with E-state index in [9.17, 15) is 5.11 Å². The van der Waals surface area contributed by atoms with Crippen molar-refractivity contribution < 1.29 is 5.11 Å². The van der Waals surface area contributed by atoms with Gasteiger partial charge >= 0.3 is 0 Å². The van der Waals surface area contributed by atoms with Gasteiger partial charge in [-0.15, -0.1) is 10.2 Å². The molecule has 174 valence electrons. The molecule has 1 saturated heterocycles. The van der Waals surface area contributed by atoms with Gasteiger partial charge < -0.3 is 5.11 Å². The number of benzene rings is 1. The minimum absolute atomic E-state index is 0.00213. The first-order valence-corrected chi connectivity index (χ1v) is 11.9. The molecule has 0 saturated carbocycles. The summed E-state index contributed by atoms with van der Waals surface area (Å²) in [6.45, 7) is 14.9. The Labute approximate surface area is 196 Å². The summed E-state index contributed by atoms with van der Waals surface area (Å²) in [5.74, 6) is 0.746. The summed E-state index contributed by atoms with van der Waals surface area (Å²) < 4.78 is 2.03. The summed E-state index contributed by atoms with van der Waals surface area (Å²) in [5.41, 5.74) is 4.44. The number of para-hydroxylation sites is 1. The third-order valence-corrected chi connectivity index (χ3v) is 6.16. The van der Waals surface area contributed by atoms with Crippen molar-refractivity contribution in [2.75, 3.05) is 13.1 Å². The van der Waals surface area contributed by atoms with Crippen LogP contribution in [0.25, 0.3) is 28.1 Å². The smallest absolute Gasteiger partial charge is 0.187 e. The molecular weight excluding hydrogens is 410 g/mol.